The van der Waals surface area contributed by atoms with E-state index in [1.807, 2.05) is 0 Å². The molecular formula is C7H13F2N. The third kappa shape index (κ3) is 2.60. The van der Waals surface area contributed by atoms with Crippen LogP contribution >= 0.6 is 0 Å². The van der Waals surface area contributed by atoms with Crippen LogP contribution in [0, 0.1) is 0 Å². The van der Waals surface area contributed by atoms with Crippen molar-refractivity contribution in [3.8, 4) is 0 Å². The van der Waals surface area contributed by atoms with Crippen LogP contribution in [-0.2, 0) is 0 Å². The summed E-state index contributed by atoms with van der Waals surface area (Å²) in [6.45, 7) is 1.88. The maximum absolute atomic E-state index is 12.3. The summed E-state index contributed by atoms with van der Waals surface area (Å²) in [6.07, 6.45) is 1.94. The van der Waals surface area contributed by atoms with Crippen LogP contribution in [0.15, 0.2) is 0 Å². The van der Waals surface area contributed by atoms with Gasteiger partial charge in [-0.15, -0.1) is 0 Å². The molecule has 0 aromatic heterocycles. The van der Waals surface area contributed by atoms with Crippen molar-refractivity contribution in [2.45, 2.75) is 38.2 Å². The highest BCUT2D eigenvalue weighted by Gasteiger charge is 2.27. The van der Waals surface area contributed by atoms with Gasteiger partial charge in [-0.2, -0.15) is 0 Å². The van der Waals surface area contributed by atoms with Crippen molar-refractivity contribution < 1.29 is 8.78 Å². The smallest absolute Gasteiger partial charge is 0.246 e. The van der Waals surface area contributed by atoms with E-state index in [0.717, 1.165) is 26.3 Å². The van der Waals surface area contributed by atoms with Crippen LogP contribution in [0.2, 0.25) is 0 Å². The first-order valence-corrected chi connectivity index (χ1v) is 3.69. The number of halogens is 2. The van der Waals surface area contributed by atoms with Crippen molar-refractivity contribution in [1.82, 2.24) is 5.32 Å². The molecule has 0 radical (unpaired) electrons. The lowest BCUT2D eigenvalue weighted by molar-refractivity contribution is 0.00457. The summed E-state index contributed by atoms with van der Waals surface area (Å²) in [4.78, 5) is 0. The van der Waals surface area contributed by atoms with E-state index >= 15 is 0 Å². The van der Waals surface area contributed by atoms with Crippen molar-refractivity contribution in [3.05, 3.63) is 0 Å². The van der Waals surface area contributed by atoms with E-state index in [1.54, 1.807) is 0 Å². The number of rotatable bonds is 2. The van der Waals surface area contributed by atoms with Gasteiger partial charge in [-0.05, 0) is 26.3 Å². The van der Waals surface area contributed by atoms with Crippen LogP contribution in [0.1, 0.15) is 26.2 Å². The lowest BCUT2D eigenvalue weighted by atomic mass is 10.1. The largest absolute Gasteiger partial charge is 0.314 e. The molecular weight excluding hydrogens is 136 g/mol. The molecule has 1 fully saturated rings. The molecule has 1 atom stereocenters. The number of nitrogens with one attached hydrogen (secondary N) is 1. The first kappa shape index (κ1) is 7.92. The Labute approximate surface area is 59.8 Å². The third-order valence-corrected chi connectivity index (χ3v) is 1.77. The van der Waals surface area contributed by atoms with E-state index in [4.69, 9.17) is 0 Å². The van der Waals surface area contributed by atoms with Gasteiger partial charge in [-0.25, -0.2) is 8.78 Å². The summed E-state index contributed by atoms with van der Waals surface area (Å²) in [5.74, 6) is -2.50. The minimum absolute atomic E-state index is 0.00694. The van der Waals surface area contributed by atoms with Crippen LogP contribution in [0.4, 0.5) is 8.78 Å². The second-order valence-electron chi connectivity index (χ2n) is 3.07. The second-order valence-corrected chi connectivity index (χ2v) is 3.07. The van der Waals surface area contributed by atoms with Crippen LogP contribution in [0.5, 0.6) is 0 Å². The molecule has 1 saturated heterocycles. The average Bonchev–Trinajstić information content (AvgIpc) is 2.12. The third-order valence-electron chi connectivity index (χ3n) is 1.77. The van der Waals surface area contributed by atoms with Gasteiger partial charge in [0.05, 0.1) is 0 Å². The molecule has 1 heterocycles. The first-order valence-electron chi connectivity index (χ1n) is 3.69. The molecule has 1 rings (SSSR count). The van der Waals surface area contributed by atoms with E-state index in [-0.39, 0.29) is 12.5 Å². The minimum Gasteiger partial charge on any atom is -0.314 e. The van der Waals surface area contributed by atoms with Crippen LogP contribution in [-0.4, -0.2) is 18.5 Å². The van der Waals surface area contributed by atoms with Gasteiger partial charge in [0.15, 0.2) is 0 Å². The minimum atomic E-state index is -2.50. The van der Waals surface area contributed by atoms with E-state index < -0.39 is 5.92 Å². The first-order chi connectivity index (χ1) is 4.58. The average molecular weight is 149 g/mol. The van der Waals surface area contributed by atoms with Crippen molar-refractivity contribution >= 4 is 0 Å². The number of alkyl halides is 2. The van der Waals surface area contributed by atoms with Crippen molar-refractivity contribution in [3.63, 3.8) is 0 Å². The molecule has 0 bridgehead atoms. The van der Waals surface area contributed by atoms with Gasteiger partial charge in [0.1, 0.15) is 0 Å². The highest BCUT2D eigenvalue weighted by Crippen LogP contribution is 2.22. The van der Waals surface area contributed by atoms with Crippen molar-refractivity contribution in [2.24, 2.45) is 0 Å². The Balaban J connectivity index is 2.24. The molecule has 1 aliphatic rings. The fourth-order valence-electron chi connectivity index (χ4n) is 1.36. The van der Waals surface area contributed by atoms with Crippen molar-refractivity contribution in [2.75, 3.05) is 6.54 Å². The summed E-state index contributed by atoms with van der Waals surface area (Å²) in [5, 5.41) is 3.03. The molecule has 1 nitrogen and oxygen atoms in total. The standard InChI is InChI=1S/C7H13F2N/c1-7(8,9)5-6-3-2-4-10-6/h6,10H,2-5H2,1H3. The summed E-state index contributed by atoms with van der Waals surface area (Å²) in [6, 6.07) is 0.0556. The fourth-order valence-corrected chi connectivity index (χ4v) is 1.36. The molecule has 0 saturated carbocycles. The molecule has 0 amide bonds. The summed E-state index contributed by atoms with van der Waals surface area (Å²) >= 11 is 0. The Kier molecular flexibility index (Phi) is 2.24. The molecule has 10 heavy (non-hydrogen) atoms. The van der Waals surface area contributed by atoms with Gasteiger partial charge in [0.2, 0.25) is 5.92 Å². The van der Waals surface area contributed by atoms with E-state index in [9.17, 15) is 8.78 Å². The zero-order valence-corrected chi connectivity index (χ0v) is 6.16. The van der Waals surface area contributed by atoms with Gasteiger partial charge >= 0.3 is 0 Å². The molecule has 1 aliphatic heterocycles. The van der Waals surface area contributed by atoms with Gasteiger partial charge in [-0.1, -0.05) is 0 Å². The fraction of sp³-hybridized carbons (Fsp3) is 1.00. The maximum Gasteiger partial charge on any atom is 0.246 e. The van der Waals surface area contributed by atoms with Crippen LogP contribution < -0.4 is 5.32 Å². The Morgan fingerprint density at radius 1 is 1.60 bits per heavy atom. The monoisotopic (exact) mass is 149 g/mol. The molecule has 0 aromatic rings. The Morgan fingerprint density at radius 3 is 2.70 bits per heavy atom. The number of hydrogen-bond donors (Lipinski definition) is 1. The van der Waals surface area contributed by atoms with E-state index in [1.165, 1.54) is 0 Å². The Bertz CT molecular complexity index is 103. The molecule has 0 aromatic carbocycles. The maximum atomic E-state index is 12.3. The topological polar surface area (TPSA) is 12.0 Å². The van der Waals surface area contributed by atoms with E-state index in [2.05, 4.69) is 5.32 Å². The predicted octanol–water partition coefficient (Wildman–Crippen LogP) is 1.78. The lowest BCUT2D eigenvalue weighted by Crippen LogP contribution is -2.28. The SMILES string of the molecule is CC(F)(F)CC1CCCN1. The quantitative estimate of drug-likeness (QED) is 0.631. The number of hydrogen-bond acceptors (Lipinski definition) is 1. The lowest BCUT2D eigenvalue weighted by Gasteiger charge is -2.15. The predicted molar refractivity (Wildman–Crippen MR) is 36.3 cm³/mol. The second kappa shape index (κ2) is 2.82. The van der Waals surface area contributed by atoms with Gasteiger partial charge in [0.25, 0.3) is 0 Å². The highest BCUT2D eigenvalue weighted by atomic mass is 19.3. The van der Waals surface area contributed by atoms with Crippen LogP contribution in [0.25, 0.3) is 0 Å². The van der Waals surface area contributed by atoms with Gasteiger partial charge < -0.3 is 5.32 Å². The molecule has 1 N–H and O–H groups in total. The summed E-state index contributed by atoms with van der Waals surface area (Å²) in [5.41, 5.74) is 0. The van der Waals surface area contributed by atoms with E-state index in [0.29, 0.717) is 0 Å². The zero-order chi connectivity index (χ0) is 7.61. The Hall–Kier alpha value is -0.180. The summed E-state index contributed by atoms with van der Waals surface area (Å²) < 4.78 is 24.7. The molecule has 0 spiro atoms. The van der Waals surface area contributed by atoms with Crippen LogP contribution in [0.3, 0.4) is 0 Å². The van der Waals surface area contributed by atoms with Gasteiger partial charge in [-0.3, -0.25) is 0 Å². The molecule has 3 heteroatoms. The highest BCUT2D eigenvalue weighted by molar-refractivity contribution is 4.78. The van der Waals surface area contributed by atoms with Gasteiger partial charge in [0, 0.05) is 12.5 Å². The summed E-state index contributed by atoms with van der Waals surface area (Å²) in [7, 11) is 0. The van der Waals surface area contributed by atoms with Crippen molar-refractivity contribution in [1.29, 1.82) is 0 Å². The molecule has 0 aliphatic carbocycles. The normalized spacial score (nSPS) is 27.3. The zero-order valence-electron chi connectivity index (χ0n) is 6.16. The Morgan fingerprint density at radius 2 is 2.30 bits per heavy atom. The molecule has 60 valence electrons. The molecule has 1 unspecified atom stereocenters.